The van der Waals surface area contributed by atoms with E-state index in [1.165, 1.54) is 36.4 Å². The summed E-state index contributed by atoms with van der Waals surface area (Å²) in [5.74, 6) is -6.43. The van der Waals surface area contributed by atoms with Crippen molar-refractivity contribution in [1.29, 1.82) is 0 Å². The monoisotopic (exact) mass is 356 g/mol. The number of aromatic hydroxyl groups is 2. The molecule has 0 spiro atoms. The van der Waals surface area contributed by atoms with Gasteiger partial charge in [0.25, 0.3) is 0 Å². The molecule has 0 saturated carbocycles. The summed E-state index contributed by atoms with van der Waals surface area (Å²) in [5.41, 5.74) is -0.841. The first-order valence-electron chi connectivity index (χ1n) is 7.34. The summed E-state index contributed by atoms with van der Waals surface area (Å²) >= 11 is 0. The first kappa shape index (κ1) is 17.0. The molecule has 1 aromatic heterocycles. The Labute approximate surface area is 145 Å². The first-order valence-corrected chi connectivity index (χ1v) is 7.34. The van der Waals surface area contributed by atoms with Gasteiger partial charge in [-0.15, -0.1) is 0 Å². The number of carbonyl (C=O) groups is 2. The lowest BCUT2D eigenvalue weighted by molar-refractivity contribution is -0.150. The molecule has 4 N–H and O–H groups in total. The smallest absolute Gasteiger partial charge is 0.325 e. The number of carboxylic acids is 2. The number of carboxylic acid groups (broad SMARTS) is 2. The molecule has 0 amide bonds. The predicted octanol–water partition coefficient (Wildman–Crippen LogP) is 2.12. The Morgan fingerprint density at radius 1 is 0.885 bits per heavy atom. The van der Waals surface area contributed by atoms with Crippen LogP contribution in [0, 0.1) is 0 Å². The van der Waals surface area contributed by atoms with Gasteiger partial charge in [-0.1, -0.05) is 12.1 Å². The minimum atomic E-state index is -2.13. The van der Waals surface area contributed by atoms with Crippen LogP contribution in [0.1, 0.15) is 11.7 Å². The highest BCUT2D eigenvalue weighted by molar-refractivity contribution is 6.00. The number of aliphatic carboxylic acids is 2. The van der Waals surface area contributed by atoms with Gasteiger partial charge in [-0.2, -0.15) is 0 Å². The normalized spacial score (nSPS) is 11.0. The van der Waals surface area contributed by atoms with Gasteiger partial charge < -0.3 is 24.8 Å². The summed E-state index contributed by atoms with van der Waals surface area (Å²) in [6.45, 7) is 0. The summed E-state index contributed by atoms with van der Waals surface area (Å²) in [6, 6.07) is 8.89. The highest BCUT2D eigenvalue weighted by Crippen LogP contribution is 2.32. The van der Waals surface area contributed by atoms with E-state index < -0.39 is 29.0 Å². The SMILES string of the molecule is O=C(O)C(C(=O)O)c1oc2cc(O)ccc2c(=O)c1-c1ccc(O)cc1. The van der Waals surface area contributed by atoms with Crippen molar-refractivity contribution in [3.63, 3.8) is 0 Å². The lowest BCUT2D eigenvalue weighted by Gasteiger charge is -2.13. The Morgan fingerprint density at radius 2 is 1.46 bits per heavy atom. The molecule has 3 rings (SSSR count). The highest BCUT2D eigenvalue weighted by atomic mass is 16.4. The third-order valence-electron chi connectivity index (χ3n) is 3.82. The van der Waals surface area contributed by atoms with Crippen molar-refractivity contribution in [3.05, 3.63) is 58.4 Å². The number of hydrogen-bond acceptors (Lipinski definition) is 6. The van der Waals surface area contributed by atoms with Gasteiger partial charge in [-0.25, -0.2) is 0 Å². The second-order valence-electron chi connectivity index (χ2n) is 5.51. The molecule has 1 heterocycles. The van der Waals surface area contributed by atoms with Gasteiger partial charge in [-0.05, 0) is 29.8 Å². The molecule has 0 atom stereocenters. The highest BCUT2D eigenvalue weighted by Gasteiger charge is 2.35. The van der Waals surface area contributed by atoms with Gasteiger partial charge in [0.15, 0.2) is 0 Å². The number of phenolic OH excluding ortho intramolecular Hbond substituents is 2. The van der Waals surface area contributed by atoms with Crippen LogP contribution in [0.25, 0.3) is 22.1 Å². The zero-order chi connectivity index (χ0) is 19.0. The fraction of sp³-hybridized carbons (Fsp3) is 0.0556. The lowest BCUT2D eigenvalue weighted by atomic mass is 9.95. The summed E-state index contributed by atoms with van der Waals surface area (Å²) in [6.07, 6.45) is 0. The molecule has 26 heavy (non-hydrogen) atoms. The third-order valence-corrected chi connectivity index (χ3v) is 3.82. The summed E-state index contributed by atoms with van der Waals surface area (Å²) < 4.78 is 5.44. The Morgan fingerprint density at radius 3 is 2.04 bits per heavy atom. The Kier molecular flexibility index (Phi) is 4.09. The molecular weight excluding hydrogens is 344 g/mol. The van der Waals surface area contributed by atoms with E-state index >= 15 is 0 Å². The zero-order valence-corrected chi connectivity index (χ0v) is 13.0. The van der Waals surface area contributed by atoms with Gasteiger partial charge in [0, 0.05) is 6.07 Å². The van der Waals surface area contributed by atoms with Crippen molar-refractivity contribution in [2.24, 2.45) is 0 Å². The molecule has 0 saturated heterocycles. The van der Waals surface area contributed by atoms with E-state index in [4.69, 9.17) is 4.42 Å². The Hall–Kier alpha value is -3.81. The van der Waals surface area contributed by atoms with Crippen molar-refractivity contribution >= 4 is 22.9 Å². The van der Waals surface area contributed by atoms with Crippen LogP contribution in [0.4, 0.5) is 0 Å². The molecule has 8 nitrogen and oxygen atoms in total. The molecule has 3 aromatic rings. The topological polar surface area (TPSA) is 145 Å². The molecule has 0 aliphatic carbocycles. The second-order valence-corrected chi connectivity index (χ2v) is 5.51. The summed E-state index contributed by atoms with van der Waals surface area (Å²) in [5, 5.41) is 37.6. The zero-order valence-electron chi connectivity index (χ0n) is 13.0. The fourth-order valence-electron chi connectivity index (χ4n) is 2.63. The largest absolute Gasteiger partial charge is 0.508 e. The molecular formula is C18H12O8. The maximum atomic E-state index is 12.9. The first-order chi connectivity index (χ1) is 12.3. The summed E-state index contributed by atoms with van der Waals surface area (Å²) in [4.78, 5) is 35.8. The second kappa shape index (κ2) is 6.25. The van der Waals surface area contributed by atoms with E-state index in [2.05, 4.69) is 0 Å². The number of fused-ring (bicyclic) bond motifs is 1. The fourth-order valence-corrected chi connectivity index (χ4v) is 2.63. The van der Waals surface area contributed by atoms with Crippen molar-refractivity contribution in [1.82, 2.24) is 0 Å². The molecule has 2 aromatic carbocycles. The van der Waals surface area contributed by atoms with E-state index in [1.54, 1.807) is 0 Å². The Bertz CT molecular complexity index is 1060. The number of hydrogen-bond donors (Lipinski definition) is 4. The van der Waals surface area contributed by atoms with Crippen LogP contribution in [0.15, 0.2) is 51.7 Å². The van der Waals surface area contributed by atoms with Crippen LogP contribution in [0.3, 0.4) is 0 Å². The number of benzene rings is 2. The van der Waals surface area contributed by atoms with Crippen LogP contribution in [-0.4, -0.2) is 32.4 Å². The summed E-state index contributed by atoms with van der Waals surface area (Å²) in [7, 11) is 0. The number of phenols is 2. The van der Waals surface area contributed by atoms with E-state index in [-0.39, 0.29) is 33.6 Å². The maximum absolute atomic E-state index is 12.9. The van der Waals surface area contributed by atoms with Crippen LogP contribution in [0.5, 0.6) is 11.5 Å². The van der Waals surface area contributed by atoms with Gasteiger partial charge >= 0.3 is 11.9 Å². The van der Waals surface area contributed by atoms with Crippen LogP contribution in [0.2, 0.25) is 0 Å². The molecule has 0 aliphatic heterocycles. The van der Waals surface area contributed by atoms with Crippen molar-refractivity contribution in [2.75, 3.05) is 0 Å². The maximum Gasteiger partial charge on any atom is 0.325 e. The lowest BCUT2D eigenvalue weighted by Crippen LogP contribution is -2.24. The third kappa shape index (κ3) is 2.84. The van der Waals surface area contributed by atoms with Crippen molar-refractivity contribution in [3.8, 4) is 22.6 Å². The quantitative estimate of drug-likeness (QED) is 0.520. The van der Waals surface area contributed by atoms with Crippen molar-refractivity contribution < 1.29 is 34.4 Å². The molecule has 0 aliphatic rings. The van der Waals surface area contributed by atoms with E-state index in [0.29, 0.717) is 0 Å². The predicted molar refractivity (Wildman–Crippen MR) is 89.3 cm³/mol. The molecule has 0 fully saturated rings. The van der Waals surface area contributed by atoms with E-state index in [0.717, 1.165) is 6.07 Å². The van der Waals surface area contributed by atoms with E-state index in [9.17, 15) is 34.8 Å². The van der Waals surface area contributed by atoms with Gasteiger partial charge in [0.2, 0.25) is 11.3 Å². The minimum Gasteiger partial charge on any atom is -0.508 e. The van der Waals surface area contributed by atoms with Crippen LogP contribution in [-0.2, 0) is 9.59 Å². The van der Waals surface area contributed by atoms with Gasteiger partial charge in [0.1, 0.15) is 22.8 Å². The van der Waals surface area contributed by atoms with Crippen molar-refractivity contribution in [2.45, 2.75) is 5.92 Å². The van der Waals surface area contributed by atoms with Gasteiger partial charge in [0.05, 0.1) is 10.9 Å². The minimum absolute atomic E-state index is 0.0455. The van der Waals surface area contributed by atoms with E-state index in [1.807, 2.05) is 0 Å². The molecule has 132 valence electrons. The number of rotatable bonds is 4. The Balaban J connectivity index is 2.44. The average molecular weight is 356 g/mol. The molecule has 0 unspecified atom stereocenters. The van der Waals surface area contributed by atoms with Crippen LogP contribution < -0.4 is 5.43 Å². The average Bonchev–Trinajstić information content (AvgIpc) is 2.55. The van der Waals surface area contributed by atoms with Crippen LogP contribution >= 0.6 is 0 Å². The molecule has 8 heteroatoms. The standard InChI is InChI=1S/C18H12O8/c19-9-3-1-8(2-4-9)13-15(21)11-6-5-10(20)7-12(11)26-16(13)14(17(22)23)18(24)25/h1-7,14,19-20H,(H,22,23)(H,24,25). The van der Waals surface area contributed by atoms with Gasteiger partial charge in [-0.3, -0.25) is 14.4 Å². The molecule has 0 radical (unpaired) electrons. The molecule has 0 bridgehead atoms.